The van der Waals surface area contributed by atoms with Crippen LogP contribution in [0.2, 0.25) is 0 Å². The summed E-state index contributed by atoms with van der Waals surface area (Å²) in [7, 11) is 0. The number of carbonyl (C=O) groups is 1. The Bertz CT molecular complexity index is 988. The standard InChI is InChI=1S/C21H20N2O3S/c1-2-14-7-10-19(24)18(11-14)22-21(27)23-20(25)13-26-17-9-8-15-5-3-4-6-16(15)12-17/h3-12,24H,2,13H2,1H3,(H2,22,23,25,27). The number of hydrogen-bond acceptors (Lipinski definition) is 4. The van der Waals surface area contributed by atoms with Gasteiger partial charge in [0, 0.05) is 0 Å². The number of hydrogen-bond donors (Lipinski definition) is 3. The van der Waals surface area contributed by atoms with Gasteiger partial charge in [-0.05, 0) is 59.2 Å². The van der Waals surface area contributed by atoms with Crippen molar-refractivity contribution < 1.29 is 14.6 Å². The maximum absolute atomic E-state index is 12.1. The average Bonchev–Trinajstić information content (AvgIpc) is 2.68. The van der Waals surface area contributed by atoms with Gasteiger partial charge < -0.3 is 15.2 Å². The van der Waals surface area contributed by atoms with Gasteiger partial charge in [-0.15, -0.1) is 0 Å². The van der Waals surface area contributed by atoms with Gasteiger partial charge in [0.25, 0.3) is 5.91 Å². The fraction of sp³-hybridized carbons (Fsp3) is 0.143. The van der Waals surface area contributed by atoms with E-state index in [-0.39, 0.29) is 23.4 Å². The first-order valence-electron chi connectivity index (χ1n) is 8.59. The second-order valence-corrected chi connectivity index (χ2v) is 6.41. The number of phenolic OH excluding ortho intramolecular Hbond substituents is 1. The quantitative estimate of drug-likeness (QED) is 0.461. The molecule has 3 rings (SSSR count). The topological polar surface area (TPSA) is 70.6 Å². The minimum atomic E-state index is -0.383. The second kappa shape index (κ2) is 8.51. The van der Waals surface area contributed by atoms with E-state index in [4.69, 9.17) is 17.0 Å². The number of carbonyl (C=O) groups excluding carboxylic acids is 1. The van der Waals surface area contributed by atoms with Crippen LogP contribution in [0.3, 0.4) is 0 Å². The van der Waals surface area contributed by atoms with Crippen molar-refractivity contribution in [3.63, 3.8) is 0 Å². The molecule has 27 heavy (non-hydrogen) atoms. The highest BCUT2D eigenvalue weighted by molar-refractivity contribution is 7.80. The molecule has 0 radical (unpaired) electrons. The highest BCUT2D eigenvalue weighted by Crippen LogP contribution is 2.24. The summed E-state index contributed by atoms with van der Waals surface area (Å²) in [6.45, 7) is 1.85. The van der Waals surface area contributed by atoms with E-state index in [2.05, 4.69) is 10.6 Å². The number of aromatic hydroxyl groups is 1. The summed E-state index contributed by atoms with van der Waals surface area (Å²) < 4.78 is 5.54. The van der Waals surface area contributed by atoms with Gasteiger partial charge in [-0.3, -0.25) is 10.1 Å². The molecule has 6 heteroatoms. The third-order valence-corrected chi connectivity index (χ3v) is 4.27. The predicted molar refractivity (Wildman–Crippen MR) is 111 cm³/mol. The second-order valence-electron chi connectivity index (χ2n) is 6.00. The molecular weight excluding hydrogens is 360 g/mol. The molecular formula is C21H20N2O3S. The fourth-order valence-corrected chi connectivity index (χ4v) is 2.85. The molecule has 5 nitrogen and oxygen atoms in total. The number of fused-ring (bicyclic) bond motifs is 1. The Hall–Kier alpha value is -3.12. The smallest absolute Gasteiger partial charge is 0.264 e. The first kappa shape index (κ1) is 18.7. The van der Waals surface area contributed by atoms with Crippen molar-refractivity contribution in [2.45, 2.75) is 13.3 Å². The SMILES string of the molecule is CCc1ccc(O)c(NC(=S)NC(=O)COc2ccc3ccccc3c2)c1. The van der Waals surface area contributed by atoms with E-state index in [1.807, 2.05) is 55.5 Å². The fourth-order valence-electron chi connectivity index (χ4n) is 2.63. The molecule has 0 spiro atoms. The van der Waals surface area contributed by atoms with Crippen LogP contribution in [0.1, 0.15) is 12.5 Å². The van der Waals surface area contributed by atoms with Crippen molar-refractivity contribution in [3.05, 3.63) is 66.2 Å². The Morgan fingerprint density at radius 3 is 2.63 bits per heavy atom. The van der Waals surface area contributed by atoms with Crippen LogP contribution in [0.4, 0.5) is 5.69 Å². The molecule has 138 valence electrons. The molecule has 0 aromatic heterocycles. The molecule has 3 aromatic rings. The van der Waals surface area contributed by atoms with Gasteiger partial charge >= 0.3 is 0 Å². The molecule has 3 aromatic carbocycles. The number of phenols is 1. The number of rotatable bonds is 5. The van der Waals surface area contributed by atoms with E-state index in [1.165, 1.54) is 0 Å². The summed E-state index contributed by atoms with van der Waals surface area (Å²) in [5, 5.41) is 17.5. The molecule has 0 aliphatic rings. The summed E-state index contributed by atoms with van der Waals surface area (Å²) >= 11 is 5.14. The lowest BCUT2D eigenvalue weighted by Crippen LogP contribution is -2.37. The number of thiocarbonyl (C=S) groups is 1. The van der Waals surface area contributed by atoms with E-state index in [0.717, 1.165) is 22.8 Å². The number of nitrogens with one attached hydrogen (secondary N) is 2. The van der Waals surface area contributed by atoms with Crippen molar-refractivity contribution >= 4 is 39.7 Å². The van der Waals surface area contributed by atoms with E-state index < -0.39 is 0 Å². The van der Waals surface area contributed by atoms with Crippen LogP contribution in [-0.2, 0) is 11.2 Å². The van der Waals surface area contributed by atoms with Gasteiger partial charge in [0.1, 0.15) is 11.5 Å². The van der Waals surface area contributed by atoms with Gasteiger partial charge in [0.05, 0.1) is 5.69 Å². The number of anilines is 1. The minimum absolute atomic E-state index is 0.0659. The van der Waals surface area contributed by atoms with Gasteiger partial charge in [-0.25, -0.2) is 0 Å². The largest absolute Gasteiger partial charge is 0.506 e. The molecule has 0 unspecified atom stereocenters. The summed E-state index contributed by atoms with van der Waals surface area (Å²) in [6, 6.07) is 18.8. The lowest BCUT2D eigenvalue weighted by atomic mass is 10.1. The third-order valence-electron chi connectivity index (χ3n) is 4.06. The molecule has 0 atom stereocenters. The molecule has 0 saturated carbocycles. The van der Waals surface area contributed by atoms with Gasteiger partial charge in [0.2, 0.25) is 0 Å². The maximum Gasteiger partial charge on any atom is 0.264 e. The summed E-state index contributed by atoms with van der Waals surface area (Å²) in [6.07, 6.45) is 0.827. The first-order valence-corrected chi connectivity index (χ1v) is 9.00. The minimum Gasteiger partial charge on any atom is -0.506 e. The average molecular weight is 380 g/mol. The van der Waals surface area contributed by atoms with Crippen LogP contribution < -0.4 is 15.4 Å². The first-order chi connectivity index (χ1) is 13.0. The number of benzene rings is 3. The van der Waals surface area contributed by atoms with Crippen molar-refractivity contribution in [2.24, 2.45) is 0 Å². The third kappa shape index (κ3) is 4.95. The van der Waals surface area contributed by atoms with Crippen LogP contribution in [0, 0.1) is 0 Å². The molecule has 1 amide bonds. The monoisotopic (exact) mass is 380 g/mol. The summed E-state index contributed by atoms with van der Waals surface area (Å²) in [5.41, 5.74) is 1.50. The molecule has 0 bridgehead atoms. The lowest BCUT2D eigenvalue weighted by molar-refractivity contribution is -0.121. The lowest BCUT2D eigenvalue weighted by Gasteiger charge is -2.12. The molecule has 0 saturated heterocycles. The molecule has 0 fully saturated rings. The van der Waals surface area contributed by atoms with E-state index in [1.54, 1.807) is 12.1 Å². The normalized spacial score (nSPS) is 10.4. The molecule has 0 aliphatic heterocycles. The van der Waals surface area contributed by atoms with Crippen molar-refractivity contribution in [1.82, 2.24) is 5.32 Å². The number of ether oxygens (including phenoxy) is 1. The van der Waals surface area contributed by atoms with Gasteiger partial charge in [0.15, 0.2) is 11.7 Å². The molecule has 0 aliphatic carbocycles. The van der Waals surface area contributed by atoms with Gasteiger partial charge in [-0.1, -0.05) is 43.3 Å². The molecule has 0 heterocycles. The Kier molecular flexibility index (Phi) is 5.88. The maximum atomic E-state index is 12.1. The number of amides is 1. The van der Waals surface area contributed by atoms with Crippen LogP contribution >= 0.6 is 12.2 Å². The summed E-state index contributed by atoms with van der Waals surface area (Å²) in [4.78, 5) is 12.1. The zero-order chi connectivity index (χ0) is 19.2. The predicted octanol–water partition coefficient (Wildman–Crippen LogP) is 4.00. The van der Waals surface area contributed by atoms with Crippen LogP contribution in [0.15, 0.2) is 60.7 Å². The molecule has 3 N–H and O–H groups in total. The van der Waals surface area contributed by atoms with Crippen LogP contribution in [0.25, 0.3) is 10.8 Å². The Morgan fingerprint density at radius 2 is 1.85 bits per heavy atom. The van der Waals surface area contributed by atoms with Gasteiger partial charge in [-0.2, -0.15) is 0 Å². The van der Waals surface area contributed by atoms with Crippen molar-refractivity contribution in [3.8, 4) is 11.5 Å². The van der Waals surface area contributed by atoms with E-state index >= 15 is 0 Å². The van der Waals surface area contributed by atoms with Crippen LogP contribution in [0.5, 0.6) is 11.5 Å². The van der Waals surface area contributed by atoms with E-state index in [0.29, 0.717) is 11.4 Å². The van der Waals surface area contributed by atoms with Crippen molar-refractivity contribution in [1.29, 1.82) is 0 Å². The van der Waals surface area contributed by atoms with Crippen molar-refractivity contribution in [2.75, 3.05) is 11.9 Å². The highest BCUT2D eigenvalue weighted by atomic mass is 32.1. The Labute approximate surface area is 163 Å². The summed E-state index contributed by atoms with van der Waals surface area (Å²) in [5.74, 6) is 0.291. The number of aryl methyl sites for hydroxylation is 1. The van der Waals surface area contributed by atoms with E-state index in [9.17, 15) is 9.90 Å². The Morgan fingerprint density at radius 1 is 1.07 bits per heavy atom. The zero-order valence-electron chi connectivity index (χ0n) is 14.9. The Balaban J connectivity index is 1.54. The van der Waals surface area contributed by atoms with Crippen LogP contribution in [-0.4, -0.2) is 22.7 Å². The highest BCUT2D eigenvalue weighted by Gasteiger charge is 2.09. The zero-order valence-corrected chi connectivity index (χ0v) is 15.7.